The molecule has 0 aromatic heterocycles. The Morgan fingerprint density at radius 1 is 0.650 bits per heavy atom. The summed E-state index contributed by atoms with van der Waals surface area (Å²) >= 11 is 4.50. The fourth-order valence-corrected chi connectivity index (χ4v) is 4.56. The van der Waals surface area contributed by atoms with Gasteiger partial charge in [-0.3, -0.25) is 18.7 Å². The number of nitrogens with zero attached hydrogens (tertiary/aromatic N) is 1. The lowest BCUT2D eigenvalue weighted by molar-refractivity contribution is -0.152. The number of ether oxygens (including phenoxy) is 2. The summed E-state index contributed by atoms with van der Waals surface area (Å²) in [6.45, 7) is 9.27. The number of amides is 1. The van der Waals surface area contributed by atoms with Gasteiger partial charge in [-0.25, -0.2) is 0 Å². The lowest BCUT2D eigenvalue weighted by Crippen LogP contribution is -2.41. The van der Waals surface area contributed by atoms with Crippen molar-refractivity contribution in [2.24, 2.45) is 17.6 Å². The van der Waals surface area contributed by atoms with E-state index in [9.17, 15) is 14.4 Å². The van der Waals surface area contributed by atoms with Gasteiger partial charge in [-0.15, -0.1) is 0 Å². The first-order valence-electron chi connectivity index (χ1n) is 15.8. The Kier molecular flexibility index (Phi) is 31.2. The number of carbonyl (C=O) groups excluding carboxylic acids is 3. The molecule has 0 aliphatic heterocycles. The van der Waals surface area contributed by atoms with E-state index in [0.29, 0.717) is 0 Å². The van der Waals surface area contributed by atoms with Gasteiger partial charge in [0.2, 0.25) is 5.91 Å². The van der Waals surface area contributed by atoms with E-state index in [1.165, 1.54) is 12.0 Å². The van der Waals surface area contributed by atoms with E-state index in [4.69, 9.17) is 15.2 Å². The first kappa shape index (κ1) is 40.8. The van der Waals surface area contributed by atoms with Crippen molar-refractivity contribution >= 4 is 29.7 Å². The highest BCUT2D eigenvalue weighted by molar-refractivity contribution is 6.07. The van der Waals surface area contributed by atoms with Gasteiger partial charge in [-0.2, -0.15) is 0 Å². The van der Waals surface area contributed by atoms with Crippen LogP contribution >= 0.6 is 11.9 Å². The third kappa shape index (κ3) is 23.3. The summed E-state index contributed by atoms with van der Waals surface area (Å²) in [7, 11) is 1.39. The van der Waals surface area contributed by atoms with Gasteiger partial charge in [0.05, 0.1) is 50.4 Å². The maximum atomic E-state index is 12.7. The number of hydrogen-bond donors (Lipinski definition) is 1. The summed E-state index contributed by atoms with van der Waals surface area (Å²) < 4.78 is 14.9. The minimum atomic E-state index is -0.239. The lowest BCUT2D eigenvalue weighted by Gasteiger charge is -2.23. The van der Waals surface area contributed by atoms with Gasteiger partial charge in [0.15, 0.2) is 0 Å². The molecule has 0 heterocycles. The van der Waals surface area contributed by atoms with Crippen LogP contribution in [0.5, 0.6) is 0 Å². The van der Waals surface area contributed by atoms with E-state index in [-0.39, 0.29) is 62.5 Å². The largest absolute Gasteiger partial charge is 0.464 e. The van der Waals surface area contributed by atoms with Crippen LogP contribution in [0.25, 0.3) is 0 Å². The summed E-state index contributed by atoms with van der Waals surface area (Å²) in [6, 6.07) is 0. The van der Waals surface area contributed by atoms with E-state index in [1.807, 2.05) is 0 Å². The van der Waals surface area contributed by atoms with Crippen molar-refractivity contribution in [3.05, 3.63) is 0 Å². The van der Waals surface area contributed by atoms with Crippen LogP contribution in [0.4, 0.5) is 0 Å². The molecule has 0 bridgehead atoms. The van der Waals surface area contributed by atoms with E-state index >= 15 is 0 Å². The van der Waals surface area contributed by atoms with Crippen LogP contribution < -0.4 is 5.73 Å². The van der Waals surface area contributed by atoms with Crippen molar-refractivity contribution in [1.29, 1.82) is 0 Å². The van der Waals surface area contributed by atoms with Crippen molar-refractivity contribution in [3.63, 3.8) is 0 Å². The Hall–Kier alpha value is -1.38. The van der Waals surface area contributed by atoms with Crippen LogP contribution in [0.2, 0.25) is 0 Å². The molecule has 238 valence electrons. The number of nitrogens with two attached hydrogens (primary N) is 1. The highest BCUT2D eigenvalue weighted by Crippen LogP contribution is 2.20. The fraction of sp³-hybridized carbons (Fsp3) is 0.903. The second kappa shape index (κ2) is 30.6. The van der Waals surface area contributed by atoms with Crippen molar-refractivity contribution in [3.8, 4) is 0 Å². The standard InChI is InChI=1S/C30H58N2O5.CH3ClO/c1-5-9-13-17-26(18-14-10-6-2)29(34)36-23-21-32(28(33)25-31)22-24-37-30(35)27(19-15-11-7-3)20-16-12-8-4;1-3-2/h26-27H,5-25,31H2,1-4H3;1H3. The fourth-order valence-electron chi connectivity index (χ4n) is 4.56. The predicted octanol–water partition coefficient (Wildman–Crippen LogP) is 7.20. The number of halogens is 1. The molecule has 8 nitrogen and oxygen atoms in total. The molecule has 1 amide bonds. The summed E-state index contributed by atoms with van der Waals surface area (Å²) in [5.74, 6) is -0.719. The average Bonchev–Trinajstić information content (AvgIpc) is 2.94. The lowest BCUT2D eigenvalue weighted by atomic mass is 9.95. The van der Waals surface area contributed by atoms with Crippen molar-refractivity contribution < 1.29 is 28.1 Å². The van der Waals surface area contributed by atoms with E-state index in [0.717, 1.165) is 103 Å². The van der Waals surface area contributed by atoms with Crippen LogP contribution in [0.15, 0.2) is 0 Å². The van der Waals surface area contributed by atoms with Gasteiger partial charge in [-0.1, -0.05) is 105 Å². The Balaban J connectivity index is 0. The van der Waals surface area contributed by atoms with Gasteiger partial charge in [0, 0.05) is 0 Å². The quantitative estimate of drug-likeness (QED) is 0.0881. The zero-order valence-electron chi connectivity index (χ0n) is 26.4. The molecule has 9 heteroatoms. The highest BCUT2D eigenvalue weighted by atomic mass is 35.5. The molecule has 0 atom stereocenters. The molecule has 0 aliphatic rings. The molecule has 0 fully saturated rings. The van der Waals surface area contributed by atoms with Gasteiger partial charge >= 0.3 is 11.9 Å². The molecule has 0 saturated carbocycles. The minimum absolute atomic E-state index is 0.0740. The smallest absolute Gasteiger partial charge is 0.308 e. The Labute approximate surface area is 250 Å². The maximum Gasteiger partial charge on any atom is 0.308 e. The number of hydrogen-bond acceptors (Lipinski definition) is 7. The van der Waals surface area contributed by atoms with Crippen LogP contribution in [-0.4, -0.2) is 62.7 Å². The van der Waals surface area contributed by atoms with Crippen molar-refractivity contribution in [2.75, 3.05) is 40.0 Å². The number of esters is 2. The molecule has 0 saturated heterocycles. The van der Waals surface area contributed by atoms with Crippen LogP contribution in [0.3, 0.4) is 0 Å². The Morgan fingerprint density at radius 2 is 0.950 bits per heavy atom. The van der Waals surface area contributed by atoms with Crippen molar-refractivity contribution in [2.45, 2.75) is 130 Å². The van der Waals surface area contributed by atoms with Crippen molar-refractivity contribution in [1.82, 2.24) is 4.90 Å². The zero-order valence-corrected chi connectivity index (χ0v) is 27.1. The molecule has 2 N–H and O–H groups in total. The molecule has 0 rings (SSSR count). The molecule has 0 aromatic carbocycles. The average molecular weight is 593 g/mol. The van der Waals surface area contributed by atoms with Gasteiger partial charge in [-0.05, 0) is 25.7 Å². The maximum absolute atomic E-state index is 12.7. The third-order valence-electron chi connectivity index (χ3n) is 7.03. The van der Waals surface area contributed by atoms with Gasteiger partial charge in [0.25, 0.3) is 0 Å². The van der Waals surface area contributed by atoms with Gasteiger partial charge < -0.3 is 20.1 Å². The Bertz CT molecular complexity index is 546. The molecular weight excluding hydrogens is 532 g/mol. The topological polar surface area (TPSA) is 108 Å². The van der Waals surface area contributed by atoms with Crippen LogP contribution in [0.1, 0.15) is 130 Å². The molecule has 0 aliphatic carbocycles. The predicted molar refractivity (Wildman–Crippen MR) is 164 cm³/mol. The van der Waals surface area contributed by atoms with Crippen LogP contribution in [0, 0.1) is 11.8 Å². The summed E-state index contributed by atoms with van der Waals surface area (Å²) in [6.07, 6.45) is 16.5. The number of unbranched alkanes of at least 4 members (excludes halogenated alkanes) is 8. The summed E-state index contributed by atoms with van der Waals surface area (Å²) in [4.78, 5) is 39.3. The third-order valence-corrected chi connectivity index (χ3v) is 7.03. The first-order chi connectivity index (χ1) is 19.4. The van der Waals surface area contributed by atoms with Crippen LogP contribution in [-0.2, 0) is 28.1 Å². The summed E-state index contributed by atoms with van der Waals surface area (Å²) in [5, 5.41) is 0. The summed E-state index contributed by atoms with van der Waals surface area (Å²) in [5.41, 5.74) is 5.60. The number of rotatable bonds is 25. The second-order valence-electron chi connectivity index (χ2n) is 10.5. The van der Waals surface area contributed by atoms with E-state index < -0.39 is 0 Å². The van der Waals surface area contributed by atoms with E-state index in [2.05, 4.69) is 43.9 Å². The highest BCUT2D eigenvalue weighted by Gasteiger charge is 2.22. The monoisotopic (exact) mass is 592 g/mol. The first-order valence-corrected chi connectivity index (χ1v) is 16.1. The zero-order chi connectivity index (χ0) is 30.4. The molecule has 0 aromatic rings. The molecule has 0 radical (unpaired) electrons. The number of carbonyl (C=O) groups is 3. The van der Waals surface area contributed by atoms with E-state index in [1.54, 1.807) is 0 Å². The minimum Gasteiger partial charge on any atom is -0.464 e. The molecular formula is C31H61ClN2O6. The molecule has 40 heavy (non-hydrogen) atoms. The molecule has 0 spiro atoms. The second-order valence-corrected chi connectivity index (χ2v) is 10.8. The normalized spacial score (nSPS) is 10.8. The van der Waals surface area contributed by atoms with Gasteiger partial charge in [0.1, 0.15) is 13.2 Å². The SMILES string of the molecule is CCCCCC(CCCCC)C(=O)OCCN(CCOC(=O)C(CCCCC)CCCCC)C(=O)CN.COCl. The molecule has 0 unspecified atom stereocenters. The Morgan fingerprint density at radius 3 is 1.20 bits per heavy atom.